The van der Waals surface area contributed by atoms with Crippen LogP contribution in [0.3, 0.4) is 0 Å². The molecule has 0 radical (unpaired) electrons. The van der Waals surface area contributed by atoms with Gasteiger partial charge in [-0.1, -0.05) is 11.6 Å². The summed E-state index contributed by atoms with van der Waals surface area (Å²) in [4.78, 5) is 6.61. The second kappa shape index (κ2) is 3.37. The summed E-state index contributed by atoms with van der Waals surface area (Å²) in [5, 5.41) is -0.602. The van der Waals surface area contributed by atoms with Gasteiger partial charge >= 0.3 is 0 Å². The Hall–Kier alpha value is -0.680. The van der Waals surface area contributed by atoms with Gasteiger partial charge in [0.25, 0.3) is 6.43 Å². The molecule has 0 aromatic carbocycles. The molecule has 3 nitrogen and oxygen atoms in total. The second-order valence-corrected chi connectivity index (χ2v) is 2.58. The third kappa shape index (κ3) is 1.73. The molecule has 1 aromatic heterocycles. The lowest BCUT2D eigenvalue weighted by Gasteiger charge is -2.03. The third-order valence-corrected chi connectivity index (χ3v) is 1.57. The minimum Gasteiger partial charge on any atom is -0.395 e. The average Bonchev–Trinajstić information content (AvgIpc) is 1.96. The molecule has 12 heavy (non-hydrogen) atoms. The van der Waals surface area contributed by atoms with Crippen molar-refractivity contribution < 1.29 is 8.78 Å². The quantitative estimate of drug-likeness (QED) is 0.576. The number of aromatic nitrogens is 2. The van der Waals surface area contributed by atoms with E-state index < -0.39 is 12.1 Å². The van der Waals surface area contributed by atoms with Crippen molar-refractivity contribution in [2.45, 2.75) is 6.43 Å². The van der Waals surface area contributed by atoms with E-state index in [2.05, 4.69) is 9.97 Å². The van der Waals surface area contributed by atoms with Gasteiger partial charge in [-0.3, -0.25) is 0 Å². The van der Waals surface area contributed by atoms with Gasteiger partial charge in [0.2, 0.25) is 5.28 Å². The van der Waals surface area contributed by atoms with Crippen molar-refractivity contribution >= 4 is 28.9 Å². The first-order chi connectivity index (χ1) is 5.52. The number of nitrogens with zero attached hydrogens (tertiary/aromatic N) is 2. The van der Waals surface area contributed by atoms with Crippen LogP contribution in [0.2, 0.25) is 10.4 Å². The van der Waals surface area contributed by atoms with Gasteiger partial charge in [0.15, 0.2) is 5.15 Å². The Kier molecular flexibility index (Phi) is 2.64. The van der Waals surface area contributed by atoms with Crippen molar-refractivity contribution in [1.82, 2.24) is 9.97 Å². The molecule has 0 aliphatic heterocycles. The summed E-state index contributed by atoms with van der Waals surface area (Å²) in [7, 11) is 0. The molecular formula is C5H3Cl2F2N3. The van der Waals surface area contributed by atoms with E-state index >= 15 is 0 Å². The van der Waals surface area contributed by atoms with Gasteiger partial charge < -0.3 is 5.73 Å². The van der Waals surface area contributed by atoms with Crippen LogP contribution in [0.1, 0.15) is 12.1 Å². The summed E-state index contributed by atoms with van der Waals surface area (Å²) in [6.45, 7) is 0. The van der Waals surface area contributed by atoms with Crippen LogP contribution < -0.4 is 5.73 Å². The van der Waals surface area contributed by atoms with Crippen LogP contribution in [-0.4, -0.2) is 9.97 Å². The normalized spacial score (nSPS) is 10.8. The van der Waals surface area contributed by atoms with Crippen LogP contribution in [0.25, 0.3) is 0 Å². The molecule has 0 aliphatic carbocycles. The summed E-state index contributed by atoms with van der Waals surface area (Å²) < 4.78 is 24.2. The molecule has 0 aliphatic rings. The summed E-state index contributed by atoms with van der Waals surface area (Å²) in [6, 6.07) is 0. The van der Waals surface area contributed by atoms with Crippen LogP contribution >= 0.6 is 23.2 Å². The van der Waals surface area contributed by atoms with E-state index in [0.717, 1.165) is 0 Å². The second-order valence-electron chi connectivity index (χ2n) is 1.88. The summed E-state index contributed by atoms with van der Waals surface area (Å²) in [5.41, 5.74) is 4.18. The zero-order valence-electron chi connectivity index (χ0n) is 5.56. The minimum absolute atomic E-state index is 0.259. The van der Waals surface area contributed by atoms with Crippen molar-refractivity contribution in [2.24, 2.45) is 0 Å². The fourth-order valence-electron chi connectivity index (χ4n) is 0.598. The van der Waals surface area contributed by atoms with E-state index in [0.29, 0.717) is 0 Å². The number of anilines is 1. The lowest BCUT2D eigenvalue weighted by Crippen LogP contribution is -2.01. The number of rotatable bonds is 1. The summed E-state index contributed by atoms with van der Waals surface area (Å²) >= 11 is 10.6. The number of nitrogens with two attached hydrogens (primary N) is 1. The molecule has 66 valence electrons. The summed E-state index contributed by atoms with van der Waals surface area (Å²) in [6.07, 6.45) is -2.80. The van der Waals surface area contributed by atoms with Gasteiger partial charge in [-0.15, -0.1) is 0 Å². The number of alkyl halides is 2. The van der Waals surface area contributed by atoms with E-state index in [9.17, 15) is 8.78 Å². The van der Waals surface area contributed by atoms with Gasteiger partial charge in [-0.25, -0.2) is 18.7 Å². The van der Waals surface area contributed by atoms with Crippen molar-refractivity contribution in [3.05, 3.63) is 16.1 Å². The van der Waals surface area contributed by atoms with E-state index in [-0.39, 0.29) is 16.1 Å². The molecule has 0 unspecified atom stereocenters. The van der Waals surface area contributed by atoms with Crippen LogP contribution in [0.15, 0.2) is 0 Å². The van der Waals surface area contributed by atoms with Gasteiger partial charge in [0.05, 0.1) is 5.69 Å². The van der Waals surface area contributed by atoms with Crippen LogP contribution in [-0.2, 0) is 0 Å². The SMILES string of the molecule is Nc1c(Cl)nc(Cl)nc1C(F)F. The maximum absolute atomic E-state index is 12.1. The maximum atomic E-state index is 12.1. The molecule has 1 heterocycles. The number of nitrogen functional groups attached to an aromatic ring is 1. The first kappa shape index (κ1) is 9.41. The standard InChI is InChI=1S/C5H3Cl2F2N3/c6-3-1(10)2(4(8)9)11-5(7)12-3/h4H,10H2. The van der Waals surface area contributed by atoms with E-state index in [1.165, 1.54) is 0 Å². The first-order valence-electron chi connectivity index (χ1n) is 2.79. The molecule has 0 amide bonds. The highest BCUT2D eigenvalue weighted by molar-refractivity contribution is 6.33. The van der Waals surface area contributed by atoms with Crippen LogP contribution in [0.4, 0.5) is 14.5 Å². The molecule has 1 rings (SSSR count). The smallest absolute Gasteiger partial charge is 0.282 e. The van der Waals surface area contributed by atoms with E-state index in [1.54, 1.807) is 0 Å². The van der Waals surface area contributed by atoms with Crippen LogP contribution in [0.5, 0.6) is 0 Å². The molecule has 0 saturated heterocycles. The summed E-state index contributed by atoms with van der Waals surface area (Å²) in [5.74, 6) is 0. The fraction of sp³-hybridized carbons (Fsp3) is 0.200. The predicted octanol–water partition coefficient (Wildman–Crippen LogP) is 2.30. The Morgan fingerprint density at radius 2 is 1.83 bits per heavy atom. The lowest BCUT2D eigenvalue weighted by molar-refractivity contribution is 0.147. The maximum Gasteiger partial charge on any atom is 0.282 e. The Labute approximate surface area is 76.5 Å². The molecule has 0 saturated carbocycles. The number of hydrogen-bond donors (Lipinski definition) is 1. The van der Waals surface area contributed by atoms with Crippen LogP contribution in [0, 0.1) is 0 Å². The van der Waals surface area contributed by atoms with Gasteiger partial charge in [0, 0.05) is 0 Å². The van der Waals surface area contributed by atoms with Crippen molar-refractivity contribution in [3.8, 4) is 0 Å². The highest BCUT2D eigenvalue weighted by Gasteiger charge is 2.17. The van der Waals surface area contributed by atoms with Crippen molar-refractivity contribution in [2.75, 3.05) is 5.73 Å². The molecule has 0 fully saturated rings. The third-order valence-electron chi connectivity index (χ3n) is 1.11. The molecule has 0 bridgehead atoms. The molecule has 0 spiro atoms. The van der Waals surface area contributed by atoms with E-state index in [4.69, 9.17) is 28.9 Å². The molecule has 0 atom stereocenters. The van der Waals surface area contributed by atoms with Crippen molar-refractivity contribution in [1.29, 1.82) is 0 Å². The zero-order valence-corrected chi connectivity index (χ0v) is 7.07. The molecule has 7 heteroatoms. The Morgan fingerprint density at radius 1 is 1.25 bits per heavy atom. The van der Waals surface area contributed by atoms with Gasteiger partial charge in [-0.2, -0.15) is 0 Å². The molecule has 2 N–H and O–H groups in total. The largest absolute Gasteiger partial charge is 0.395 e. The molecular weight excluding hydrogens is 211 g/mol. The van der Waals surface area contributed by atoms with E-state index in [1.807, 2.05) is 0 Å². The highest BCUT2D eigenvalue weighted by atomic mass is 35.5. The predicted molar refractivity (Wildman–Crippen MR) is 41.4 cm³/mol. The Balaban J connectivity index is 3.28. The fourth-order valence-corrected chi connectivity index (χ4v) is 0.994. The topological polar surface area (TPSA) is 51.8 Å². The number of halogens is 4. The van der Waals surface area contributed by atoms with Gasteiger partial charge in [0.1, 0.15) is 5.69 Å². The number of hydrogen-bond acceptors (Lipinski definition) is 3. The lowest BCUT2D eigenvalue weighted by atomic mass is 10.3. The average molecular weight is 214 g/mol. The minimum atomic E-state index is -2.80. The van der Waals surface area contributed by atoms with Gasteiger partial charge in [-0.05, 0) is 11.6 Å². The zero-order chi connectivity index (χ0) is 9.30. The first-order valence-corrected chi connectivity index (χ1v) is 3.54. The van der Waals surface area contributed by atoms with Crippen molar-refractivity contribution in [3.63, 3.8) is 0 Å². The highest BCUT2D eigenvalue weighted by Crippen LogP contribution is 2.28. The molecule has 1 aromatic rings. The monoisotopic (exact) mass is 213 g/mol. The Morgan fingerprint density at radius 3 is 2.33 bits per heavy atom. The Bertz CT molecular complexity index is 305.